The summed E-state index contributed by atoms with van der Waals surface area (Å²) in [5.41, 5.74) is 0.629. The minimum Gasteiger partial charge on any atom is -0.434 e. The van der Waals surface area contributed by atoms with Crippen molar-refractivity contribution in [3.05, 3.63) is 42.5 Å². The van der Waals surface area contributed by atoms with Crippen LogP contribution < -0.4 is 15.4 Å². The lowest BCUT2D eigenvalue weighted by Gasteiger charge is -2.13. The first-order valence-electron chi connectivity index (χ1n) is 5.75. The number of nitrogens with one attached hydrogen (secondary N) is 2. The van der Waals surface area contributed by atoms with Crippen LogP contribution in [0, 0.1) is 0 Å². The third-order valence-corrected chi connectivity index (χ3v) is 2.27. The number of halogens is 2. The van der Waals surface area contributed by atoms with Gasteiger partial charge in [-0.05, 0) is 6.07 Å². The van der Waals surface area contributed by atoms with E-state index in [-0.39, 0.29) is 5.75 Å². The maximum atomic E-state index is 12.2. The molecule has 0 aliphatic rings. The number of hydrogen-bond donors (Lipinski definition) is 2. The molecule has 4 nitrogen and oxygen atoms in total. The molecular formula is C13H17F2N3O. The summed E-state index contributed by atoms with van der Waals surface area (Å²) in [7, 11) is 1.62. The van der Waals surface area contributed by atoms with E-state index >= 15 is 0 Å². The molecule has 0 aliphatic heterocycles. The normalized spacial score (nSPS) is 11.3. The Morgan fingerprint density at radius 2 is 2.16 bits per heavy atom. The number of guanidine groups is 1. The van der Waals surface area contributed by atoms with Gasteiger partial charge in [-0.3, -0.25) is 4.99 Å². The van der Waals surface area contributed by atoms with E-state index in [1.807, 2.05) is 0 Å². The van der Waals surface area contributed by atoms with Crippen molar-refractivity contribution in [3.63, 3.8) is 0 Å². The molecule has 0 radical (unpaired) electrons. The van der Waals surface area contributed by atoms with Gasteiger partial charge in [0.05, 0.1) is 0 Å². The molecule has 2 N–H and O–H groups in total. The van der Waals surface area contributed by atoms with Crippen LogP contribution in [0.15, 0.2) is 41.9 Å². The Kier molecular flexibility index (Phi) is 6.35. The molecule has 0 amide bonds. The average Bonchev–Trinajstić information content (AvgIpc) is 2.40. The first-order chi connectivity index (χ1) is 9.17. The van der Waals surface area contributed by atoms with Crippen molar-refractivity contribution in [2.24, 2.45) is 4.99 Å². The van der Waals surface area contributed by atoms with Crippen molar-refractivity contribution in [3.8, 4) is 5.75 Å². The Morgan fingerprint density at radius 3 is 2.79 bits per heavy atom. The second kappa shape index (κ2) is 8.07. The topological polar surface area (TPSA) is 45.7 Å². The summed E-state index contributed by atoms with van der Waals surface area (Å²) in [6.07, 6.45) is 1.70. The summed E-state index contributed by atoms with van der Waals surface area (Å²) in [5.74, 6) is 0.718. The van der Waals surface area contributed by atoms with E-state index in [0.29, 0.717) is 24.6 Å². The Labute approximate surface area is 111 Å². The smallest absolute Gasteiger partial charge is 0.387 e. The van der Waals surface area contributed by atoms with Crippen molar-refractivity contribution >= 4 is 5.96 Å². The van der Waals surface area contributed by atoms with E-state index in [1.54, 1.807) is 31.3 Å². The molecule has 0 aliphatic carbocycles. The number of hydrogen-bond acceptors (Lipinski definition) is 2. The highest BCUT2D eigenvalue weighted by Gasteiger charge is 2.09. The molecule has 0 fully saturated rings. The number of aliphatic imine (C=N–C) groups is 1. The number of benzene rings is 1. The molecule has 1 aromatic carbocycles. The minimum atomic E-state index is -2.83. The van der Waals surface area contributed by atoms with E-state index in [0.717, 1.165) is 0 Å². The molecule has 19 heavy (non-hydrogen) atoms. The van der Waals surface area contributed by atoms with Gasteiger partial charge in [0, 0.05) is 25.7 Å². The van der Waals surface area contributed by atoms with E-state index in [1.165, 1.54) is 6.07 Å². The Balaban J connectivity index is 2.63. The fourth-order valence-corrected chi connectivity index (χ4v) is 1.43. The minimum absolute atomic E-state index is 0.157. The van der Waals surface area contributed by atoms with Crippen molar-refractivity contribution < 1.29 is 13.5 Å². The summed E-state index contributed by atoms with van der Waals surface area (Å²) in [6.45, 7) is 1.65. The van der Waals surface area contributed by atoms with Gasteiger partial charge in [-0.15, -0.1) is 6.58 Å². The number of ether oxygens (including phenoxy) is 1. The highest BCUT2D eigenvalue weighted by Crippen LogP contribution is 2.19. The van der Waals surface area contributed by atoms with Gasteiger partial charge < -0.3 is 15.4 Å². The first kappa shape index (κ1) is 14.9. The quantitative estimate of drug-likeness (QED) is 0.472. The molecule has 1 aromatic rings. The SMILES string of the molecule is C=CCNC(=NC)NCc1ccccc1OC(F)F. The number of para-hydroxylation sites is 1. The van der Waals surface area contributed by atoms with Gasteiger partial charge in [-0.1, -0.05) is 24.3 Å². The van der Waals surface area contributed by atoms with Gasteiger partial charge in [-0.2, -0.15) is 8.78 Å². The average molecular weight is 269 g/mol. The van der Waals surface area contributed by atoms with Crippen LogP contribution in [0.4, 0.5) is 8.78 Å². The van der Waals surface area contributed by atoms with Crippen LogP contribution in [0.3, 0.4) is 0 Å². The van der Waals surface area contributed by atoms with Crippen LogP contribution >= 0.6 is 0 Å². The summed E-state index contributed by atoms with van der Waals surface area (Å²) < 4.78 is 28.9. The Morgan fingerprint density at radius 1 is 1.42 bits per heavy atom. The predicted octanol–water partition coefficient (Wildman–Crippen LogP) is 2.14. The molecule has 0 saturated carbocycles. The zero-order valence-electron chi connectivity index (χ0n) is 10.7. The zero-order chi connectivity index (χ0) is 14.1. The van der Waals surface area contributed by atoms with Gasteiger partial charge in [-0.25, -0.2) is 0 Å². The van der Waals surface area contributed by atoms with Gasteiger partial charge in [0.25, 0.3) is 0 Å². The molecule has 0 heterocycles. The number of alkyl halides is 2. The molecule has 0 spiro atoms. The van der Waals surface area contributed by atoms with E-state index in [2.05, 4.69) is 26.9 Å². The molecule has 104 valence electrons. The number of nitrogens with zero attached hydrogens (tertiary/aromatic N) is 1. The maximum Gasteiger partial charge on any atom is 0.387 e. The molecule has 0 aromatic heterocycles. The van der Waals surface area contributed by atoms with Gasteiger partial charge in [0.2, 0.25) is 0 Å². The van der Waals surface area contributed by atoms with Crippen LogP contribution in [0.1, 0.15) is 5.56 Å². The van der Waals surface area contributed by atoms with Crippen LogP contribution in [0.25, 0.3) is 0 Å². The number of rotatable bonds is 6. The lowest BCUT2D eigenvalue weighted by atomic mass is 10.2. The van der Waals surface area contributed by atoms with Gasteiger partial charge in [0.1, 0.15) is 5.75 Å². The lowest BCUT2D eigenvalue weighted by Crippen LogP contribution is -2.36. The van der Waals surface area contributed by atoms with Gasteiger partial charge >= 0.3 is 6.61 Å². The highest BCUT2D eigenvalue weighted by atomic mass is 19.3. The van der Waals surface area contributed by atoms with Gasteiger partial charge in [0.15, 0.2) is 5.96 Å². The van der Waals surface area contributed by atoms with Crippen molar-refractivity contribution in [2.45, 2.75) is 13.2 Å². The summed E-state index contributed by atoms with van der Waals surface area (Å²) in [6, 6.07) is 6.62. The summed E-state index contributed by atoms with van der Waals surface area (Å²) >= 11 is 0. The summed E-state index contributed by atoms with van der Waals surface area (Å²) in [5, 5.41) is 5.98. The van der Waals surface area contributed by atoms with E-state index in [9.17, 15) is 8.78 Å². The monoisotopic (exact) mass is 269 g/mol. The fraction of sp³-hybridized carbons (Fsp3) is 0.308. The predicted molar refractivity (Wildman–Crippen MR) is 71.5 cm³/mol. The standard InChI is InChI=1S/C13H17F2N3O/c1-3-8-17-13(16-2)18-9-10-6-4-5-7-11(10)19-12(14)15/h3-7,12H,1,8-9H2,2H3,(H2,16,17,18). The molecule has 6 heteroatoms. The first-order valence-corrected chi connectivity index (χ1v) is 5.75. The van der Waals surface area contributed by atoms with Crippen LogP contribution in [0.5, 0.6) is 5.75 Å². The molecular weight excluding hydrogens is 252 g/mol. The maximum absolute atomic E-state index is 12.2. The van der Waals surface area contributed by atoms with Crippen LogP contribution in [-0.2, 0) is 6.54 Å². The molecule has 0 saturated heterocycles. The van der Waals surface area contributed by atoms with E-state index < -0.39 is 6.61 Å². The molecule has 0 bridgehead atoms. The second-order valence-electron chi connectivity index (χ2n) is 3.58. The van der Waals surface area contributed by atoms with E-state index in [4.69, 9.17) is 0 Å². The molecule has 0 atom stereocenters. The summed E-state index contributed by atoms with van der Waals surface area (Å²) in [4.78, 5) is 3.99. The van der Waals surface area contributed by atoms with Crippen molar-refractivity contribution in [2.75, 3.05) is 13.6 Å². The third-order valence-electron chi connectivity index (χ3n) is 2.27. The van der Waals surface area contributed by atoms with Crippen LogP contribution in [-0.4, -0.2) is 26.2 Å². The van der Waals surface area contributed by atoms with Crippen LogP contribution in [0.2, 0.25) is 0 Å². The Hall–Kier alpha value is -2.11. The second-order valence-corrected chi connectivity index (χ2v) is 3.58. The fourth-order valence-electron chi connectivity index (χ4n) is 1.43. The van der Waals surface area contributed by atoms with Crippen molar-refractivity contribution in [1.82, 2.24) is 10.6 Å². The molecule has 0 unspecified atom stereocenters. The zero-order valence-corrected chi connectivity index (χ0v) is 10.7. The highest BCUT2D eigenvalue weighted by molar-refractivity contribution is 5.79. The van der Waals surface area contributed by atoms with Crippen molar-refractivity contribution in [1.29, 1.82) is 0 Å². The molecule has 1 rings (SSSR count). The largest absolute Gasteiger partial charge is 0.434 e. The third kappa shape index (κ3) is 5.37. The Bertz CT molecular complexity index is 436. The lowest BCUT2D eigenvalue weighted by molar-refractivity contribution is -0.0504.